The molecule has 0 spiro atoms. The van der Waals surface area contributed by atoms with E-state index in [0.29, 0.717) is 11.0 Å². The van der Waals surface area contributed by atoms with Gasteiger partial charge in [-0.1, -0.05) is 24.3 Å². The van der Waals surface area contributed by atoms with Crippen LogP contribution in [0.1, 0.15) is 60.1 Å². The number of benzene rings is 1. The summed E-state index contributed by atoms with van der Waals surface area (Å²) >= 11 is 0. The van der Waals surface area contributed by atoms with Gasteiger partial charge in [0, 0.05) is 20.8 Å². The summed E-state index contributed by atoms with van der Waals surface area (Å²) in [6.07, 6.45) is -5.81. The molecule has 0 bridgehead atoms. The third-order valence-electron chi connectivity index (χ3n) is 6.48. The van der Waals surface area contributed by atoms with Gasteiger partial charge in [-0.2, -0.15) is 0 Å². The smallest absolute Gasteiger partial charge is 0.463 e. The first-order chi connectivity index (χ1) is 16.2. The highest BCUT2D eigenvalue weighted by Crippen LogP contribution is 2.38. The second-order valence-electron chi connectivity index (χ2n) is 9.79. The van der Waals surface area contributed by atoms with E-state index in [1.54, 1.807) is 18.2 Å². The number of esters is 3. The molecule has 0 unspecified atom stereocenters. The molecular formula is C24H33BO10. The molecule has 3 rings (SSSR count). The van der Waals surface area contributed by atoms with Crippen molar-refractivity contribution in [3.63, 3.8) is 0 Å². The second-order valence-corrected chi connectivity index (χ2v) is 9.79. The van der Waals surface area contributed by atoms with Gasteiger partial charge in [-0.3, -0.25) is 14.4 Å². The molecular weight excluding hydrogens is 459 g/mol. The predicted octanol–water partition coefficient (Wildman–Crippen LogP) is 1.21. The Bertz CT molecular complexity index is 945. The molecule has 2 aliphatic rings. The van der Waals surface area contributed by atoms with E-state index in [4.69, 9.17) is 28.3 Å². The fourth-order valence-electron chi connectivity index (χ4n) is 4.04. The summed E-state index contributed by atoms with van der Waals surface area (Å²) < 4.78 is 34.2. The van der Waals surface area contributed by atoms with Crippen LogP contribution in [-0.2, 0) is 42.6 Å². The number of hydrogen-bond acceptors (Lipinski definition) is 10. The van der Waals surface area contributed by atoms with Gasteiger partial charge in [-0.25, -0.2) is 0 Å². The first kappa shape index (κ1) is 27.1. The van der Waals surface area contributed by atoms with Crippen LogP contribution < -0.4 is 5.46 Å². The molecule has 0 amide bonds. The summed E-state index contributed by atoms with van der Waals surface area (Å²) in [5.41, 5.74) is 0.183. The van der Waals surface area contributed by atoms with E-state index in [0.717, 1.165) is 0 Å². The maximum Gasteiger partial charge on any atom is 0.494 e. The molecule has 35 heavy (non-hydrogen) atoms. The lowest BCUT2D eigenvalue weighted by molar-refractivity contribution is -0.249. The van der Waals surface area contributed by atoms with Crippen LogP contribution in [0.2, 0.25) is 0 Å². The number of carbonyl (C=O) groups excluding carboxylic acids is 3. The Morgan fingerprint density at radius 2 is 1.51 bits per heavy atom. The van der Waals surface area contributed by atoms with Crippen molar-refractivity contribution < 1.29 is 47.7 Å². The van der Waals surface area contributed by atoms with E-state index in [1.165, 1.54) is 20.8 Å². The number of aliphatic hydroxyl groups excluding tert-OH is 1. The normalized spacial score (nSPS) is 29.4. The average Bonchev–Trinajstić information content (AvgIpc) is 2.96. The van der Waals surface area contributed by atoms with E-state index in [2.05, 4.69) is 0 Å². The van der Waals surface area contributed by atoms with Crippen molar-refractivity contribution in [1.29, 1.82) is 0 Å². The molecule has 1 aromatic rings. The van der Waals surface area contributed by atoms with Crippen LogP contribution >= 0.6 is 0 Å². The molecule has 0 aromatic heterocycles. The lowest BCUT2D eigenvalue weighted by atomic mass is 9.77. The van der Waals surface area contributed by atoms with E-state index in [1.807, 2.05) is 33.8 Å². The van der Waals surface area contributed by atoms with Crippen LogP contribution in [0.25, 0.3) is 0 Å². The quantitative estimate of drug-likeness (QED) is 0.352. The first-order valence-corrected chi connectivity index (χ1v) is 11.5. The van der Waals surface area contributed by atoms with Crippen molar-refractivity contribution >= 4 is 30.5 Å². The van der Waals surface area contributed by atoms with E-state index >= 15 is 0 Å². The molecule has 11 heteroatoms. The maximum absolute atomic E-state index is 11.9. The average molecular weight is 492 g/mol. The van der Waals surface area contributed by atoms with Gasteiger partial charge in [0.15, 0.2) is 12.2 Å². The molecule has 1 N–H and O–H groups in total. The zero-order valence-corrected chi connectivity index (χ0v) is 21.1. The minimum Gasteiger partial charge on any atom is -0.463 e. The van der Waals surface area contributed by atoms with Gasteiger partial charge in [0.05, 0.1) is 11.2 Å². The molecule has 10 nitrogen and oxygen atoms in total. The third kappa shape index (κ3) is 6.03. The summed E-state index contributed by atoms with van der Waals surface area (Å²) in [5.74, 6) is -1.89. The van der Waals surface area contributed by atoms with Crippen molar-refractivity contribution in [2.24, 2.45) is 0 Å². The zero-order valence-electron chi connectivity index (χ0n) is 21.1. The molecule has 0 aliphatic carbocycles. The van der Waals surface area contributed by atoms with Crippen LogP contribution in [0.3, 0.4) is 0 Å². The monoisotopic (exact) mass is 492 g/mol. The van der Waals surface area contributed by atoms with Gasteiger partial charge in [0.1, 0.15) is 24.9 Å². The summed E-state index contributed by atoms with van der Waals surface area (Å²) in [7, 11) is -0.651. The summed E-state index contributed by atoms with van der Waals surface area (Å²) in [5, 5.41) is 10.9. The van der Waals surface area contributed by atoms with E-state index < -0.39 is 66.7 Å². The van der Waals surface area contributed by atoms with Crippen LogP contribution in [-0.4, -0.2) is 72.4 Å². The Hall–Kier alpha value is -2.47. The van der Waals surface area contributed by atoms with Gasteiger partial charge in [0.2, 0.25) is 0 Å². The number of carbonyl (C=O) groups is 3. The largest absolute Gasteiger partial charge is 0.494 e. The van der Waals surface area contributed by atoms with E-state index in [-0.39, 0.29) is 6.61 Å². The molecule has 2 saturated heterocycles. The van der Waals surface area contributed by atoms with E-state index in [9.17, 15) is 19.5 Å². The van der Waals surface area contributed by atoms with Crippen molar-refractivity contribution in [2.45, 2.75) is 90.2 Å². The lowest BCUT2D eigenvalue weighted by Gasteiger charge is -2.43. The number of rotatable bonds is 6. The molecule has 2 aliphatic heterocycles. The van der Waals surface area contributed by atoms with Gasteiger partial charge >= 0.3 is 25.0 Å². The molecule has 2 fully saturated rings. The Morgan fingerprint density at radius 1 is 0.943 bits per heavy atom. The zero-order chi connectivity index (χ0) is 26.1. The lowest BCUT2D eigenvalue weighted by Crippen LogP contribution is -2.58. The predicted molar refractivity (Wildman–Crippen MR) is 124 cm³/mol. The molecule has 1 aromatic carbocycles. The molecule has 0 saturated carbocycles. The summed E-state index contributed by atoms with van der Waals surface area (Å²) in [6, 6.07) is 7.15. The van der Waals surface area contributed by atoms with Crippen LogP contribution in [0.15, 0.2) is 24.3 Å². The third-order valence-corrected chi connectivity index (χ3v) is 6.48. The fourth-order valence-corrected chi connectivity index (χ4v) is 4.04. The SMILES string of the molecule is CC(=O)OC[C@H]1O[C@H](c2cccc(B3OC(C)(C)C(C)(C)O3)c2)[C@@H](OC(C)=O)[C@@H](OC(C)=O)[C@@H]1O. The van der Waals surface area contributed by atoms with Crippen LogP contribution in [0.5, 0.6) is 0 Å². The van der Waals surface area contributed by atoms with Crippen LogP contribution in [0.4, 0.5) is 0 Å². The highest BCUT2D eigenvalue weighted by atomic mass is 16.7. The highest BCUT2D eigenvalue weighted by Gasteiger charge is 2.53. The minimum atomic E-state index is -1.41. The fraction of sp³-hybridized carbons (Fsp3) is 0.625. The van der Waals surface area contributed by atoms with Gasteiger partial charge in [-0.15, -0.1) is 0 Å². The minimum absolute atomic E-state index is 0.283. The standard InChI is InChI=1S/C24H33BO10/c1-13(26)30-12-18-19(29)21(31-14(2)27)22(32-15(3)28)20(33-18)16-9-8-10-17(11-16)25-34-23(4,5)24(6,7)35-25/h8-11,18-22,29H,12H2,1-7H3/t18-,19-,20-,21+,22-/m1/s1. The first-order valence-electron chi connectivity index (χ1n) is 11.5. The Kier molecular flexibility index (Phi) is 7.95. The summed E-state index contributed by atoms with van der Waals surface area (Å²) in [4.78, 5) is 35.1. The van der Waals surface area contributed by atoms with Gasteiger partial charge in [0.25, 0.3) is 0 Å². The van der Waals surface area contributed by atoms with Crippen molar-refractivity contribution in [1.82, 2.24) is 0 Å². The number of ether oxygens (including phenoxy) is 4. The Labute approximate surface area is 205 Å². The Balaban J connectivity index is 1.98. The number of aliphatic hydroxyl groups is 1. The topological polar surface area (TPSA) is 127 Å². The summed E-state index contributed by atoms with van der Waals surface area (Å²) in [6.45, 7) is 11.1. The molecule has 2 heterocycles. The van der Waals surface area contributed by atoms with Crippen molar-refractivity contribution in [3.05, 3.63) is 29.8 Å². The maximum atomic E-state index is 11.9. The van der Waals surface area contributed by atoms with Crippen molar-refractivity contribution in [3.8, 4) is 0 Å². The molecule has 192 valence electrons. The molecule has 5 atom stereocenters. The highest BCUT2D eigenvalue weighted by molar-refractivity contribution is 6.62. The van der Waals surface area contributed by atoms with Crippen LogP contribution in [0, 0.1) is 0 Å². The van der Waals surface area contributed by atoms with Gasteiger partial charge in [-0.05, 0) is 38.7 Å². The second kappa shape index (κ2) is 10.3. The van der Waals surface area contributed by atoms with Crippen molar-refractivity contribution in [2.75, 3.05) is 6.61 Å². The Morgan fingerprint density at radius 3 is 2.06 bits per heavy atom. The number of hydrogen-bond donors (Lipinski definition) is 1. The molecule has 0 radical (unpaired) electrons. The van der Waals surface area contributed by atoms with Gasteiger partial charge < -0.3 is 33.4 Å².